The quantitative estimate of drug-likeness (QED) is 0.837. The third kappa shape index (κ3) is 6.76. The summed E-state index contributed by atoms with van der Waals surface area (Å²) in [5, 5.41) is 5.75. The van der Waals surface area contributed by atoms with Crippen LogP contribution in [0.15, 0.2) is 18.2 Å². The zero-order valence-electron chi connectivity index (χ0n) is 13.8. The number of ether oxygens (including phenoxy) is 2. The molecule has 5 nitrogen and oxygen atoms in total. The highest BCUT2D eigenvalue weighted by molar-refractivity contribution is 5.89. The summed E-state index contributed by atoms with van der Waals surface area (Å²) >= 11 is 0. The van der Waals surface area contributed by atoms with Gasteiger partial charge >= 0.3 is 6.09 Å². The number of methoxy groups -OCH3 is 1. The van der Waals surface area contributed by atoms with Crippen LogP contribution in [0.3, 0.4) is 0 Å². The van der Waals surface area contributed by atoms with Gasteiger partial charge in [0.2, 0.25) is 0 Å². The van der Waals surface area contributed by atoms with Gasteiger partial charge in [-0.05, 0) is 44.9 Å². The third-order valence-electron chi connectivity index (χ3n) is 2.71. The maximum atomic E-state index is 13.4. The van der Waals surface area contributed by atoms with E-state index in [0.717, 1.165) is 0 Å². The van der Waals surface area contributed by atoms with E-state index in [0.29, 0.717) is 24.5 Å². The van der Waals surface area contributed by atoms with Crippen molar-refractivity contribution in [3.63, 3.8) is 0 Å². The molecule has 0 saturated carbocycles. The fraction of sp³-hybridized carbons (Fsp3) is 0.562. The molecule has 2 N–H and O–H groups in total. The van der Waals surface area contributed by atoms with E-state index in [9.17, 15) is 9.18 Å². The Balaban J connectivity index is 2.75. The number of amides is 1. The second-order valence-corrected chi connectivity index (χ2v) is 6.26. The number of benzene rings is 1. The van der Waals surface area contributed by atoms with Crippen LogP contribution in [0.1, 0.15) is 27.7 Å². The van der Waals surface area contributed by atoms with Crippen molar-refractivity contribution in [2.45, 2.75) is 33.3 Å². The number of carbonyl (C=O) groups excluding carboxylic acids is 1. The van der Waals surface area contributed by atoms with Gasteiger partial charge in [0.25, 0.3) is 0 Å². The van der Waals surface area contributed by atoms with Crippen LogP contribution in [-0.4, -0.2) is 32.0 Å². The van der Waals surface area contributed by atoms with Crippen LogP contribution in [0.5, 0.6) is 0 Å². The lowest BCUT2D eigenvalue weighted by molar-refractivity contribution is 0.0636. The van der Waals surface area contributed by atoms with E-state index in [2.05, 4.69) is 10.6 Å². The molecule has 1 aromatic carbocycles. The number of hydrogen-bond acceptors (Lipinski definition) is 4. The Morgan fingerprint density at radius 1 is 1.32 bits per heavy atom. The Kier molecular flexibility index (Phi) is 6.61. The molecule has 22 heavy (non-hydrogen) atoms. The van der Waals surface area contributed by atoms with Gasteiger partial charge in [0.1, 0.15) is 11.4 Å². The maximum absolute atomic E-state index is 13.4. The van der Waals surface area contributed by atoms with Crippen molar-refractivity contribution in [3.05, 3.63) is 24.0 Å². The fourth-order valence-corrected chi connectivity index (χ4v) is 1.81. The molecule has 1 unspecified atom stereocenters. The first-order chi connectivity index (χ1) is 10.2. The predicted molar refractivity (Wildman–Crippen MR) is 85.8 cm³/mol. The lowest BCUT2D eigenvalue weighted by atomic mass is 10.2. The molecule has 6 heteroatoms. The van der Waals surface area contributed by atoms with E-state index in [4.69, 9.17) is 9.47 Å². The highest BCUT2D eigenvalue weighted by Gasteiger charge is 2.17. The Hall–Kier alpha value is -1.82. The molecule has 1 rings (SSSR count). The lowest BCUT2D eigenvalue weighted by Gasteiger charge is -2.21. The molecule has 0 bridgehead atoms. The second kappa shape index (κ2) is 7.98. The summed E-state index contributed by atoms with van der Waals surface area (Å²) in [6.45, 7) is 8.54. The van der Waals surface area contributed by atoms with Gasteiger partial charge in [-0.25, -0.2) is 9.18 Å². The van der Waals surface area contributed by atoms with Crippen LogP contribution in [-0.2, 0) is 9.47 Å². The normalized spacial score (nSPS) is 12.6. The predicted octanol–water partition coefficient (Wildman–Crippen LogP) is 3.87. The van der Waals surface area contributed by atoms with Crippen LogP contribution in [0.2, 0.25) is 0 Å². The van der Waals surface area contributed by atoms with Gasteiger partial charge in [-0.1, -0.05) is 6.92 Å². The summed E-state index contributed by atoms with van der Waals surface area (Å²) in [7, 11) is 1.63. The summed E-state index contributed by atoms with van der Waals surface area (Å²) in [5.41, 5.74) is 0.388. The van der Waals surface area contributed by atoms with Gasteiger partial charge in [0, 0.05) is 13.7 Å². The van der Waals surface area contributed by atoms with E-state index in [1.165, 1.54) is 18.2 Å². The Labute approximate surface area is 131 Å². The molecular weight excluding hydrogens is 287 g/mol. The van der Waals surface area contributed by atoms with E-state index in [1.807, 2.05) is 6.92 Å². The first-order valence-corrected chi connectivity index (χ1v) is 7.23. The Bertz CT molecular complexity index is 501. The molecule has 0 aliphatic heterocycles. The number of hydrogen-bond donors (Lipinski definition) is 2. The van der Waals surface area contributed by atoms with Crippen LogP contribution in [0.25, 0.3) is 0 Å². The summed E-state index contributed by atoms with van der Waals surface area (Å²) in [6, 6.07) is 4.13. The standard InChI is InChI=1S/C16H25FN2O3/c1-11(10-21-5)9-18-14-8-12(17)6-7-13(14)19-15(20)22-16(2,3)4/h6-8,11,18H,9-10H2,1-5H3,(H,19,20). The SMILES string of the molecule is COCC(C)CNc1cc(F)ccc1NC(=O)OC(C)(C)C. The molecular formula is C16H25FN2O3. The molecule has 0 aromatic heterocycles. The highest BCUT2D eigenvalue weighted by atomic mass is 19.1. The zero-order chi connectivity index (χ0) is 16.8. The molecule has 0 saturated heterocycles. The number of carbonyl (C=O) groups is 1. The third-order valence-corrected chi connectivity index (χ3v) is 2.71. The van der Waals surface area contributed by atoms with Crippen LogP contribution in [0, 0.1) is 11.7 Å². The average molecular weight is 312 g/mol. The summed E-state index contributed by atoms with van der Waals surface area (Å²) in [5.74, 6) is -0.126. The van der Waals surface area contributed by atoms with Crippen molar-refractivity contribution in [3.8, 4) is 0 Å². The molecule has 0 fully saturated rings. The molecule has 0 spiro atoms. The molecule has 1 aromatic rings. The molecule has 0 radical (unpaired) electrons. The van der Waals surface area contributed by atoms with Crippen LogP contribution in [0.4, 0.5) is 20.6 Å². The fourth-order valence-electron chi connectivity index (χ4n) is 1.81. The Morgan fingerprint density at radius 3 is 2.59 bits per heavy atom. The monoisotopic (exact) mass is 312 g/mol. The lowest BCUT2D eigenvalue weighted by Crippen LogP contribution is -2.27. The summed E-state index contributed by atoms with van der Waals surface area (Å²) in [6.07, 6.45) is -0.577. The zero-order valence-corrected chi connectivity index (χ0v) is 13.8. The van der Waals surface area contributed by atoms with Crippen molar-refractivity contribution >= 4 is 17.5 Å². The van der Waals surface area contributed by atoms with Gasteiger partial charge in [-0.2, -0.15) is 0 Å². The first-order valence-electron chi connectivity index (χ1n) is 7.23. The largest absolute Gasteiger partial charge is 0.444 e. The molecule has 1 atom stereocenters. The minimum absolute atomic E-state index is 0.252. The van der Waals surface area contributed by atoms with Crippen LogP contribution >= 0.6 is 0 Å². The van der Waals surface area contributed by atoms with Gasteiger partial charge in [-0.3, -0.25) is 5.32 Å². The first kappa shape index (κ1) is 18.2. The number of rotatable bonds is 6. The van der Waals surface area contributed by atoms with E-state index in [-0.39, 0.29) is 11.7 Å². The maximum Gasteiger partial charge on any atom is 0.412 e. The van der Waals surface area contributed by atoms with Crippen molar-refractivity contribution < 1.29 is 18.7 Å². The number of anilines is 2. The van der Waals surface area contributed by atoms with E-state index < -0.39 is 11.7 Å². The van der Waals surface area contributed by atoms with Crippen molar-refractivity contribution in [1.29, 1.82) is 0 Å². The second-order valence-electron chi connectivity index (χ2n) is 6.26. The molecule has 124 valence electrons. The number of nitrogens with one attached hydrogen (secondary N) is 2. The van der Waals surface area contributed by atoms with Gasteiger partial charge in [-0.15, -0.1) is 0 Å². The van der Waals surface area contributed by atoms with E-state index >= 15 is 0 Å². The van der Waals surface area contributed by atoms with Crippen molar-refractivity contribution in [1.82, 2.24) is 0 Å². The topological polar surface area (TPSA) is 59.6 Å². The smallest absolute Gasteiger partial charge is 0.412 e. The van der Waals surface area contributed by atoms with Crippen molar-refractivity contribution in [2.75, 3.05) is 30.9 Å². The Morgan fingerprint density at radius 2 is 2.00 bits per heavy atom. The minimum Gasteiger partial charge on any atom is -0.444 e. The van der Waals surface area contributed by atoms with Gasteiger partial charge in [0.05, 0.1) is 18.0 Å². The van der Waals surface area contributed by atoms with Crippen LogP contribution < -0.4 is 10.6 Å². The highest BCUT2D eigenvalue weighted by Crippen LogP contribution is 2.24. The average Bonchev–Trinajstić information content (AvgIpc) is 2.37. The molecule has 0 aliphatic carbocycles. The molecule has 0 aliphatic rings. The minimum atomic E-state index is -0.593. The van der Waals surface area contributed by atoms with E-state index in [1.54, 1.807) is 27.9 Å². The number of halogens is 1. The summed E-state index contributed by atoms with van der Waals surface area (Å²) in [4.78, 5) is 11.8. The van der Waals surface area contributed by atoms with Gasteiger partial charge in [0.15, 0.2) is 0 Å². The molecule has 1 amide bonds. The van der Waals surface area contributed by atoms with Gasteiger partial charge < -0.3 is 14.8 Å². The molecule has 0 heterocycles. The summed E-state index contributed by atoms with van der Waals surface area (Å²) < 4.78 is 23.7. The van der Waals surface area contributed by atoms with Crippen molar-refractivity contribution in [2.24, 2.45) is 5.92 Å².